The largest absolute Gasteiger partial charge is 0.355 e. The molecule has 0 spiro atoms. The predicted octanol–water partition coefficient (Wildman–Crippen LogP) is 3.41. The van der Waals surface area contributed by atoms with E-state index in [4.69, 9.17) is 4.52 Å². The summed E-state index contributed by atoms with van der Waals surface area (Å²) in [7, 11) is 0. The number of carbonyl (C=O) groups is 1. The maximum absolute atomic E-state index is 12.5. The topological polar surface area (TPSA) is 85.8 Å². The number of aromatic nitrogens is 4. The van der Waals surface area contributed by atoms with Crippen molar-refractivity contribution in [3.05, 3.63) is 84.8 Å². The van der Waals surface area contributed by atoms with E-state index < -0.39 is 0 Å². The molecule has 0 fully saturated rings. The van der Waals surface area contributed by atoms with Crippen LogP contribution in [0.5, 0.6) is 0 Å². The standard InChI is InChI=1S/C20H17N5O2/c1-14(15-4-6-17(7-5-15)25-10-9-22-13-25)23-20(26)18-11-19(27-24-18)16-3-2-8-21-12-16/h2-14H,1H3,(H,23,26)/t14-/m0/s1. The molecule has 0 aliphatic heterocycles. The molecule has 3 aromatic heterocycles. The van der Waals surface area contributed by atoms with E-state index in [2.05, 4.69) is 20.4 Å². The summed E-state index contributed by atoms with van der Waals surface area (Å²) in [5.74, 6) is 0.214. The van der Waals surface area contributed by atoms with Crippen LogP contribution in [0.3, 0.4) is 0 Å². The van der Waals surface area contributed by atoms with E-state index in [9.17, 15) is 4.79 Å². The molecule has 0 unspecified atom stereocenters. The Morgan fingerprint density at radius 3 is 2.70 bits per heavy atom. The Morgan fingerprint density at radius 2 is 2.00 bits per heavy atom. The minimum atomic E-state index is -0.292. The van der Waals surface area contributed by atoms with Crippen molar-refractivity contribution in [3.63, 3.8) is 0 Å². The van der Waals surface area contributed by atoms with E-state index in [-0.39, 0.29) is 17.6 Å². The fraction of sp³-hybridized carbons (Fsp3) is 0.100. The molecule has 7 heteroatoms. The first kappa shape index (κ1) is 16.7. The number of hydrogen-bond donors (Lipinski definition) is 1. The van der Waals surface area contributed by atoms with Gasteiger partial charge in [0.05, 0.1) is 12.4 Å². The van der Waals surface area contributed by atoms with Crippen molar-refractivity contribution in [2.75, 3.05) is 0 Å². The van der Waals surface area contributed by atoms with Gasteiger partial charge in [-0.05, 0) is 36.8 Å². The number of rotatable bonds is 5. The number of pyridine rings is 1. The molecule has 7 nitrogen and oxygen atoms in total. The smallest absolute Gasteiger partial charge is 0.273 e. The summed E-state index contributed by atoms with van der Waals surface area (Å²) in [5, 5.41) is 6.80. The first-order chi connectivity index (χ1) is 13.2. The summed E-state index contributed by atoms with van der Waals surface area (Å²) in [6.07, 6.45) is 8.68. The Labute approximate surface area is 155 Å². The highest BCUT2D eigenvalue weighted by molar-refractivity contribution is 5.93. The predicted molar refractivity (Wildman–Crippen MR) is 99.2 cm³/mol. The van der Waals surface area contributed by atoms with Crippen LogP contribution in [0.25, 0.3) is 17.0 Å². The van der Waals surface area contributed by atoms with Crippen molar-refractivity contribution in [2.45, 2.75) is 13.0 Å². The lowest BCUT2D eigenvalue weighted by Crippen LogP contribution is -2.26. The maximum Gasteiger partial charge on any atom is 0.273 e. The maximum atomic E-state index is 12.5. The minimum absolute atomic E-state index is 0.173. The van der Waals surface area contributed by atoms with Crippen LogP contribution >= 0.6 is 0 Å². The number of carbonyl (C=O) groups excluding carboxylic acids is 1. The van der Waals surface area contributed by atoms with Gasteiger partial charge >= 0.3 is 0 Å². The first-order valence-corrected chi connectivity index (χ1v) is 8.47. The average molecular weight is 359 g/mol. The Balaban J connectivity index is 1.44. The van der Waals surface area contributed by atoms with Gasteiger partial charge in [-0.25, -0.2) is 4.98 Å². The number of benzene rings is 1. The second-order valence-electron chi connectivity index (χ2n) is 6.07. The van der Waals surface area contributed by atoms with Crippen LogP contribution in [0, 0.1) is 0 Å². The van der Waals surface area contributed by atoms with Crippen LogP contribution in [0.2, 0.25) is 0 Å². The van der Waals surface area contributed by atoms with E-state index in [0.717, 1.165) is 16.8 Å². The van der Waals surface area contributed by atoms with E-state index in [1.54, 1.807) is 37.1 Å². The van der Waals surface area contributed by atoms with Crippen molar-refractivity contribution in [2.24, 2.45) is 0 Å². The van der Waals surface area contributed by atoms with Crippen LogP contribution in [0.15, 0.2) is 78.1 Å². The summed E-state index contributed by atoms with van der Waals surface area (Å²) in [6.45, 7) is 1.92. The molecular weight excluding hydrogens is 342 g/mol. The third kappa shape index (κ3) is 3.62. The van der Waals surface area contributed by atoms with Gasteiger partial charge in [-0.15, -0.1) is 0 Å². The molecule has 0 saturated heterocycles. The van der Waals surface area contributed by atoms with Gasteiger partial charge in [0.25, 0.3) is 5.91 Å². The Morgan fingerprint density at radius 1 is 1.15 bits per heavy atom. The fourth-order valence-electron chi connectivity index (χ4n) is 2.73. The molecule has 1 amide bonds. The van der Waals surface area contributed by atoms with Crippen LogP contribution in [0.1, 0.15) is 29.0 Å². The second-order valence-corrected chi connectivity index (χ2v) is 6.07. The fourth-order valence-corrected chi connectivity index (χ4v) is 2.73. The number of nitrogens with one attached hydrogen (secondary N) is 1. The Kier molecular flexibility index (Phi) is 4.49. The van der Waals surface area contributed by atoms with Gasteiger partial charge in [0.2, 0.25) is 0 Å². The zero-order chi connectivity index (χ0) is 18.6. The van der Waals surface area contributed by atoms with Crippen molar-refractivity contribution in [1.82, 2.24) is 25.0 Å². The molecule has 0 radical (unpaired) electrons. The lowest BCUT2D eigenvalue weighted by molar-refractivity contribution is 0.0931. The van der Waals surface area contributed by atoms with E-state index in [0.29, 0.717) is 5.76 Å². The molecule has 3 heterocycles. The summed E-state index contributed by atoms with van der Waals surface area (Å²) in [6, 6.07) is 13.0. The molecule has 1 aromatic carbocycles. The lowest BCUT2D eigenvalue weighted by Gasteiger charge is -2.14. The van der Waals surface area contributed by atoms with Gasteiger partial charge in [0.1, 0.15) is 0 Å². The molecule has 0 bridgehead atoms. The summed E-state index contributed by atoms with van der Waals surface area (Å²) < 4.78 is 7.18. The highest BCUT2D eigenvalue weighted by atomic mass is 16.5. The molecule has 4 rings (SSSR count). The normalized spacial score (nSPS) is 11.9. The highest BCUT2D eigenvalue weighted by Crippen LogP contribution is 2.20. The third-order valence-corrected chi connectivity index (χ3v) is 4.23. The molecular formula is C20H17N5O2. The summed E-state index contributed by atoms with van der Waals surface area (Å²) in [5.41, 5.74) is 3.00. The van der Waals surface area contributed by atoms with Crippen molar-refractivity contribution < 1.29 is 9.32 Å². The van der Waals surface area contributed by atoms with Gasteiger partial charge in [-0.3, -0.25) is 9.78 Å². The van der Waals surface area contributed by atoms with Crippen LogP contribution in [-0.4, -0.2) is 25.6 Å². The zero-order valence-corrected chi connectivity index (χ0v) is 14.6. The van der Waals surface area contributed by atoms with E-state index in [1.807, 2.05) is 48.0 Å². The highest BCUT2D eigenvalue weighted by Gasteiger charge is 2.16. The number of amides is 1. The van der Waals surface area contributed by atoms with Crippen molar-refractivity contribution in [3.8, 4) is 17.0 Å². The van der Waals surface area contributed by atoms with Gasteiger partial charge in [0.15, 0.2) is 11.5 Å². The quantitative estimate of drug-likeness (QED) is 0.590. The minimum Gasteiger partial charge on any atom is -0.355 e. The SMILES string of the molecule is C[C@H](NC(=O)c1cc(-c2cccnc2)on1)c1ccc(-n2ccnc2)cc1. The Bertz CT molecular complexity index is 1020. The summed E-state index contributed by atoms with van der Waals surface area (Å²) in [4.78, 5) is 20.5. The zero-order valence-electron chi connectivity index (χ0n) is 14.6. The molecule has 4 aromatic rings. The van der Waals surface area contributed by atoms with Crippen LogP contribution < -0.4 is 5.32 Å². The van der Waals surface area contributed by atoms with Gasteiger partial charge in [-0.2, -0.15) is 0 Å². The van der Waals surface area contributed by atoms with Crippen LogP contribution in [-0.2, 0) is 0 Å². The second kappa shape index (κ2) is 7.25. The number of hydrogen-bond acceptors (Lipinski definition) is 5. The van der Waals surface area contributed by atoms with Gasteiger partial charge in [-0.1, -0.05) is 17.3 Å². The van der Waals surface area contributed by atoms with E-state index in [1.165, 1.54) is 0 Å². The van der Waals surface area contributed by atoms with Gasteiger partial charge in [0, 0.05) is 42.1 Å². The number of imidazole rings is 1. The lowest BCUT2D eigenvalue weighted by atomic mass is 10.1. The molecule has 27 heavy (non-hydrogen) atoms. The molecule has 0 saturated carbocycles. The van der Waals surface area contributed by atoms with Gasteiger partial charge < -0.3 is 14.4 Å². The molecule has 0 aliphatic rings. The average Bonchev–Trinajstić information content (AvgIpc) is 3.41. The van der Waals surface area contributed by atoms with Crippen LogP contribution in [0.4, 0.5) is 0 Å². The third-order valence-electron chi connectivity index (χ3n) is 4.23. The Hall–Kier alpha value is -3.74. The molecule has 1 N–H and O–H groups in total. The molecule has 134 valence electrons. The first-order valence-electron chi connectivity index (χ1n) is 8.47. The monoisotopic (exact) mass is 359 g/mol. The molecule has 0 aliphatic carbocycles. The molecule has 1 atom stereocenters. The van der Waals surface area contributed by atoms with E-state index >= 15 is 0 Å². The summed E-state index contributed by atoms with van der Waals surface area (Å²) >= 11 is 0. The van der Waals surface area contributed by atoms with Crippen molar-refractivity contribution >= 4 is 5.91 Å². The number of nitrogens with zero attached hydrogens (tertiary/aromatic N) is 4. The van der Waals surface area contributed by atoms with Crippen molar-refractivity contribution in [1.29, 1.82) is 0 Å².